The van der Waals surface area contributed by atoms with Crippen LogP contribution < -0.4 is 10.1 Å². The summed E-state index contributed by atoms with van der Waals surface area (Å²) in [4.78, 5) is 18.2. The molecule has 2 aromatic carbocycles. The van der Waals surface area contributed by atoms with E-state index in [2.05, 4.69) is 22.4 Å². The van der Waals surface area contributed by atoms with Gasteiger partial charge in [0.1, 0.15) is 5.75 Å². The summed E-state index contributed by atoms with van der Waals surface area (Å²) in [5.74, 6) is 1.71. The molecule has 0 aliphatic rings. The molecule has 7 heteroatoms. The normalized spacial score (nSPS) is 10.6. The monoisotopic (exact) mass is 394 g/mol. The number of carbonyl (C=O) groups is 1. The molecule has 0 atom stereocenters. The molecule has 1 heterocycles. The third-order valence-electron chi connectivity index (χ3n) is 4.49. The summed E-state index contributed by atoms with van der Waals surface area (Å²) in [6.07, 6.45) is 1.48. The summed E-state index contributed by atoms with van der Waals surface area (Å²) in [7, 11) is 1.73. The number of aryl methyl sites for hydroxylation is 2. The minimum atomic E-state index is -0.182. The molecule has 0 aliphatic carbocycles. The van der Waals surface area contributed by atoms with Crippen molar-refractivity contribution in [3.8, 4) is 5.75 Å². The number of amides is 2. The van der Waals surface area contributed by atoms with Crippen LogP contribution in [0.25, 0.3) is 0 Å². The lowest BCUT2D eigenvalue weighted by Crippen LogP contribution is -2.33. The van der Waals surface area contributed by atoms with E-state index in [1.807, 2.05) is 55.5 Å². The minimum Gasteiger partial charge on any atom is -0.484 e. The smallest absolute Gasteiger partial charge is 0.321 e. The number of anilines is 1. The quantitative estimate of drug-likeness (QED) is 0.618. The van der Waals surface area contributed by atoms with E-state index in [1.54, 1.807) is 11.9 Å². The Balaban J connectivity index is 1.44. The van der Waals surface area contributed by atoms with Crippen molar-refractivity contribution in [2.24, 2.45) is 0 Å². The van der Waals surface area contributed by atoms with E-state index in [4.69, 9.17) is 9.26 Å². The van der Waals surface area contributed by atoms with E-state index in [1.165, 1.54) is 5.56 Å². The number of nitrogens with zero attached hydrogens (tertiary/aromatic N) is 3. The second-order valence-corrected chi connectivity index (χ2v) is 6.86. The lowest BCUT2D eigenvalue weighted by molar-refractivity contribution is 0.222. The van der Waals surface area contributed by atoms with Crippen molar-refractivity contribution in [1.29, 1.82) is 0 Å². The van der Waals surface area contributed by atoms with Gasteiger partial charge in [0.25, 0.3) is 5.89 Å². The first-order chi connectivity index (χ1) is 14.0. The Hall–Kier alpha value is -3.35. The molecule has 152 valence electrons. The number of hydrogen-bond acceptors (Lipinski definition) is 5. The molecule has 0 fully saturated rings. The Labute approximate surface area is 170 Å². The molecule has 0 radical (unpaired) electrons. The lowest BCUT2D eigenvalue weighted by atomic mass is 10.2. The van der Waals surface area contributed by atoms with Crippen LogP contribution >= 0.6 is 0 Å². The molecule has 2 amide bonds. The third-order valence-corrected chi connectivity index (χ3v) is 4.49. The molecule has 3 rings (SSSR count). The highest BCUT2D eigenvalue weighted by atomic mass is 16.5. The van der Waals surface area contributed by atoms with Crippen molar-refractivity contribution in [2.45, 2.75) is 33.3 Å². The van der Waals surface area contributed by atoms with Gasteiger partial charge in [0.2, 0.25) is 0 Å². The highest BCUT2D eigenvalue weighted by molar-refractivity contribution is 5.89. The second kappa shape index (κ2) is 9.73. The van der Waals surface area contributed by atoms with Crippen LogP contribution in [0.3, 0.4) is 0 Å². The Morgan fingerprint density at radius 1 is 1.21 bits per heavy atom. The van der Waals surface area contributed by atoms with Crippen LogP contribution in [0.5, 0.6) is 5.75 Å². The maximum absolute atomic E-state index is 12.3. The molecule has 0 unspecified atom stereocenters. The van der Waals surface area contributed by atoms with Gasteiger partial charge in [-0.05, 0) is 48.7 Å². The molecule has 29 heavy (non-hydrogen) atoms. The van der Waals surface area contributed by atoms with Crippen molar-refractivity contribution >= 4 is 11.7 Å². The van der Waals surface area contributed by atoms with Gasteiger partial charge in [-0.25, -0.2) is 4.79 Å². The summed E-state index contributed by atoms with van der Waals surface area (Å²) in [5, 5.41) is 6.83. The standard InChI is InChI=1S/C22H26N4O3/c1-4-17-8-10-19(11-9-17)28-15-21-24-20(25-29-21)12-13-26(3)22(27)23-18-7-5-6-16(2)14-18/h5-11,14H,4,12-13,15H2,1-3H3,(H,23,27). The number of benzene rings is 2. The van der Waals surface area contributed by atoms with Gasteiger partial charge >= 0.3 is 6.03 Å². The fourth-order valence-electron chi connectivity index (χ4n) is 2.73. The molecular weight excluding hydrogens is 368 g/mol. The topological polar surface area (TPSA) is 80.5 Å². The fraction of sp³-hybridized carbons (Fsp3) is 0.318. The zero-order valence-electron chi connectivity index (χ0n) is 17.0. The number of hydrogen-bond donors (Lipinski definition) is 1. The molecule has 0 saturated heterocycles. The van der Waals surface area contributed by atoms with Crippen molar-refractivity contribution in [3.63, 3.8) is 0 Å². The van der Waals surface area contributed by atoms with Crippen LogP contribution in [0.1, 0.15) is 29.8 Å². The highest BCUT2D eigenvalue weighted by Gasteiger charge is 2.12. The zero-order chi connectivity index (χ0) is 20.6. The molecule has 0 bridgehead atoms. The first-order valence-electron chi connectivity index (χ1n) is 9.65. The van der Waals surface area contributed by atoms with Crippen molar-refractivity contribution < 1.29 is 14.1 Å². The van der Waals surface area contributed by atoms with E-state index in [9.17, 15) is 4.79 Å². The Kier molecular flexibility index (Phi) is 6.84. The van der Waals surface area contributed by atoms with E-state index in [-0.39, 0.29) is 12.6 Å². The SMILES string of the molecule is CCc1ccc(OCc2nc(CCN(C)C(=O)Nc3cccc(C)c3)no2)cc1. The average molecular weight is 394 g/mol. The predicted octanol–water partition coefficient (Wildman–Crippen LogP) is 4.23. The first-order valence-corrected chi connectivity index (χ1v) is 9.65. The summed E-state index contributed by atoms with van der Waals surface area (Å²) in [6, 6.07) is 15.4. The molecular formula is C22H26N4O3. The molecule has 1 N–H and O–H groups in total. The Morgan fingerprint density at radius 2 is 2.00 bits per heavy atom. The van der Waals surface area contributed by atoms with Gasteiger partial charge in [-0.2, -0.15) is 4.98 Å². The van der Waals surface area contributed by atoms with Crippen LogP contribution in [0.2, 0.25) is 0 Å². The number of urea groups is 1. The highest BCUT2D eigenvalue weighted by Crippen LogP contribution is 2.14. The van der Waals surface area contributed by atoms with Crippen molar-refractivity contribution in [3.05, 3.63) is 71.4 Å². The van der Waals surface area contributed by atoms with Crippen LogP contribution in [0.15, 0.2) is 53.1 Å². The van der Waals surface area contributed by atoms with Crippen molar-refractivity contribution in [2.75, 3.05) is 18.9 Å². The van der Waals surface area contributed by atoms with E-state index < -0.39 is 0 Å². The van der Waals surface area contributed by atoms with Gasteiger partial charge in [-0.3, -0.25) is 0 Å². The first kappa shape index (κ1) is 20.4. The molecule has 0 saturated carbocycles. The molecule has 0 spiro atoms. The largest absolute Gasteiger partial charge is 0.484 e. The maximum Gasteiger partial charge on any atom is 0.321 e. The fourth-order valence-corrected chi connectivity index (χ4v) is 2.73. The van der Waals surface area contributed by atoms with Crippen LogP contribution in [0.4, 0.5) is 10.5 Å². The van der Waals surface area contributed by atoms with Crippen LogP contribution in [-0.2, 0) is 19.4 Å². The van der Waals surface area contributed by atoms with Gasteiger partial charge < -0.3 is 19.5 Å². The predicted molar refractivity (Wildman–Crippen MR) is 111 cm³/mol. The second-order valence-electron chi connectivity index (χ2n) is 6.86. The summed E-state index contributed by atoms with van der Waals surface area (Å²) in [6.45, 7) is 4.77. The van der Waals surface area contributed by atoms with Crippen molar-refractivity contribution in [1.82, 2.24) is 15.0 Å². The summed E-state index contributed by atoms with van der Waals surface area (Å²) in [5.41, 5.74) is 3.12. The Morgan fingerprint density at radius 3 is 2.72 bits per heavy atom. The average Bonchev–Trinajstić information content (AvgIpc) is 3.18. The summed E-state index contributed by atoms with van der Waals surface area (Å²) >= 11 is 0. The van der Waals surface area contributed by atoms with E-state index in [0.29, 0.717) is 24.7 Å². The third kappa shape index (κ3) is 6.07. The van der Waals surface area contributed by atoms with Gasteiger partial charge in [0.15, 0.2) is 12.4 Å². The maximum atomic E-state index is 12.3. The number of carbonyl (C=O) groups excluding carboxylic acids is 1. The van der Waals surface area contributed by atoms with E-state index in [0.717, 1.165) is 23.4 Å². The Bertz CT molecular complexity index is 937. The minimum absolute atomic E-state index is 0.182. The van der Waals surface area contributed by atoms with Gasteiger partial charge in [-0.1, -0.05) is 36.3 Å². The van der Waals surface area contributed by atoms with Crippen LogP contribution in [-0.4, -0.2) is 34.7 Å². The van der Waals surface area contributed by atoms with E-state index >= 15 is 0 Å². The number of aromatic nitrogens is 2. The number of nitrogens with one attached hydrogen (secondary N) is 1. The molecule has 3 aromatic rings. The van der Waals surface area contributed by atoms with Gasteiger partial charge in [0.05, 0.1) is 0 Å². The lowest BCUT2D eigenvalue weighted by Gasteiger charge is -2.17. The number of ether oxygens (including phenoxy) is 1. The van der Waals surface area contributed by atoms with Gasteiger partial charge in [0, 0.05) is 25.7 Å². The zero-order valence-corrected chi connectivity index (χ0v) is 17.0. The molecule has 7 nitrogen and oxygen atoms in total. The molecule has 0 aliphatic heterocycles. The van der Waals surface area contributed by atoms with Gasteiger partial charge in [-0.15, -0.1) is 0 Å². The number of likely N-dealkylation sites (N-methyl/N-ethyl adjacent to an activating group) is 1. The number of rotatable bonds is 8. The van der Waals surface area contributed by atoms with Crippen LogP contribution in [0, 0.1) is 6.92 Å². The summed E-state index contributed by atoms with van der Waals surface area (Å²) < 4.78 is 10.9. The molecule has 1 aromatic heterocycles.